The number of hydrogen-bond donors (Lipinski definition) is 1. The molecule has 0 fully saturated rings. The lowest BCUT2D eigenvalue weighted by atomic mass is 10.2. The number of hydrogen-bond acceptors (Lipinski definition) is 5. The standard InChI is InChI=1S/C23H24ClFN4O2S/c1-4-12-29-22(15(3)31-18-9-6-16(5-2)7-10-18)27-28-23(29)32-14-21(30)26-17-8-11-20(25)19(24)13-17/h4,6-11,13,15H,1,5,12,14H2,2-3H3,(H,26,30). The van der Waals surface area contributed by atoms with Gasteiger partial charge < -0.3 is 10.1 Å². The Bertz CT molecular complexity index is 1090. The van der Waals surface area contributed by atoms with Crippen molar-refractivity contribution in [3.8, 4) is 5.75 Å². The number of allylic oxidation sites excluding steroid dienone is 1. The molecule has 32 heavy (non-hydrogen) atoms. The topological polar surface area (TPSA) is 69.0 Å². The lowest BCUT2D eigenvalue weighted by molar-refractivity contribution is -0.113. The van der Waals surface area contributed by atoms with Crippen LogP contribution in [0.3, 0.4) is 0 Å². The maximum Gasteiger partial charge on any atom is 0.234 e. The molecule has 0 bridgehead atoms. The van der Waals surface area contributed by atoms with Crippen molar-refractivity contribution in [2.75, 3.05) is 11.1 Å². The summed E-state index contributed by atoms with van der Waals surface area (Å²) in [4.78, 5) is 12.3. The van der Waals surface area contributed by atoms with Crippen molar-refractivity contribution in [3.05, 3.63) is 77.3 Å². The number of rotatable bonds is 10. The summed E-state index contributed by atoms with van der Waals surface area (Å²) >= 11 is 6.99. The fraction of sp³-hybridized carbons (Fsp3) is 0.261. The highest BCUT2D eigenvalue weighted by atomic mass is 35.5. The molecule has 2 aromatic carbocycles. The van der Waals surface area contributed by atoms with E-state index >= 15 is 0 Å². The number of thioether (sulfide) groups is 1. The third-order valence-electron chi connectivity index (χ3n) is 4.60. The molecule has 0 radical (unpaired) electrons. The lowest BCUT2D eigenvalue weighted by Gasteiger charge is -2.16. The fourth-order valence-electron chi connectivity index (χ4n) is 2.97. The van der Waals surface area contributed by atoms with Crippen molar-refractivity contribution >= 4 is 35.0 Å². The van der Waals surface area contributed by atoms with Gasteiger partial charge in [0.15, 0.2) is 17.1 Å². The molecule has 9 heteroatoms. The summed E-state index contributed by atoms with van der Waals surface area (Å²) < 4.78 is 21.2. The molecule has 0 aliphatic heterocycles. The second-order valence-corrected chi connectivity index (χ2v) is 8.31. The van der Waals surface area contributed by atoms with Crippen LogP contribution in [-0.2, 0) is 17.8 Å². The van der Waals surface area contributed by atoms with Crippen molar-refractivity contribution in [2.24, 2.45) is 0 Å². The van der Waals surface area contributed by atoms with Gasteiger partial charge in [0.25, 0.3) is 0 Å². The molecule has 0 saturated carbocycles. The van der Waals surface area contributed by atoms with Crippen LogP contribution in [0.5, 0.6) is 5.75 Å². The first-order valence-corrected chi connectivity index (χ1v) is 11.4. The van der Waals surface area contributed by atoms with Gasteiger partial charge in [0.2, 0.25) is 5.91 Å². The predicted octanol–water partition coefficient (Wildman–Crippen LogP) is 5.69. The van der Waals surface area contributed by atoms with E-state index in [1.807, 2.05) is 35.8 Å². The zero-order valence-electron chi connectivity index (χ0n) is 17.8. The normalized spacial score (nSPS) is 11.8. The van der Waals surface area contributed by atoms with Crippen molar-refractivity contribution < 1.29 is 13.9 Å². The highest BCUT2D eigenvalue weighted by Crippen LogP contribution is 2.25. The van der Waals surface area contributed by atoms with Crippen LogP contribution in [0.25, 0.3) is 0 Å². The minimum Gasteiger partial charge on any atom is -0.483 e. The van der Waals surface area contributed by atoms with Crippen LogP contribution in [-0.4, -0.2) is 26.4 Å². The van der Waals surface area contributed by atoms with Crippen molar-refractivity contribution in [2.45, 2.75) is 38.1 Å². The second kappa shape index (κ2) is 11.2. The van der Waals surface area contributed by atoms with E-state index in [1.54, 1.807) is 6.08 Å². The molecule has 3 rings (SSSR count). The number of halogens is 2. The molecule has 6 nitrogen and oxygen atoms in total. The van der Waals surface area contributed by atoms with E-state index in [2.05, 4.69) is 29.0 Å². The molecule has 0 saturated heterocycles. The summed E-state index contributed by atoms with van der Waals surface area (Å²) in [7, 11) is 0. The first-order valence-electron chi connectivity index (χ1n) is 10.1. The average Bonchev–Trinajstić information content (AvgIpc) is 3.18. The van der Waals surface area contributed by atoms with E-state index in [-0.39, 0.29) is 22.8 Å². The molecule has 1 unspecified atom stereocenters. The number of carbonyl (C=O) groups is 1. The third kappa shape index (κ3) is 6.11. The van der Waals surface area contributed by atoms with Gasteiger partial charge in [0.05, 0.1) is 10.8 Å². The molecule has 0 spiro atoms. The first kappa shape index (κ1) is 23.8. The van der Waals surface area contributed by atoms with Gasteiger partial charge in [-0.2, -0.15) is 0 Å². The van der Waals surface area contributed by atoms with Gasteiger partial charge in [-0.05, 0) is 49.2 Å². The van der Waals surface area contributed by atoms with Crippen LogP contribution in [0.1, 0.15) is 31.3 Å². The largest absolute Gasteiger partial charge is 0.483 e. The van der Waals surface area contributed by atoms with E-state index in [1.165, 1.54) is 35.5 Å². The number of aryl methyl sites for hydroxylation is 1. The van der Waals surface area contributed by atoms with Crippen molar-refractivity contribution in [1.29, 1.82) is 0 Å². The van der Waals surface area contributed by atoms with Gasteiger partial charge >= 0.3 is 0 Å². The molecule has 1 heterocycles. The Labute approximate surface area is 195 Å². The molecule has 0 aliphatic rings. The van der Waals surface area contributed by atoms with E-state index in [0.717, 1.165) is 12.2 Å². The van der Waals surface area contributed by atoms with Gasteiger partial charge in [-0.1, -0.05) is 48.5 Å². The number of benzene rings is 2. The van der Waals surface area contributed by atoms with Crippen LogP contribution in [0.4, 0.5) is 10.1 Å². The fourth-order valence-corrected chi connectivity index (χ4v) is 3.91. The van der Waals surface area contributed by atoms with Crippen molar-refractivity contribution in [1.82, 2.24) is 14.8 Å². The number of aromatic nitrogens is 3. The van der Waals surface area contributed by atoms with E-state index in [9.17, 15) is 9.18 Å². The van der Waals surface area contributed by atoms with Gasteiger partial charge in [-0.15, -0.1) is 16.8 Å². The summed E-state index contributed by atoms with van der Waals surface area (Å²) in [6, 6.07) is 12.0. The lowest BCUT2D eigenvalue weighted by Crippen LogP contribution is -2.15. The Hall–Kier alpha value is -2.84. The highest BCUT2D eigenvalue weighted by Gasteiger charge is 2.20. The Balaban J connectivity index is 1.65. The summed E-state index contributed by atoms with van der Waals surface area (Å²) in [5.41, 5.74) is 1.66. The van der Waals surface area contributed by atoms with E-state index in [0.29, 0.717) is 23.2 Å². The maximum atomic E-state index is 13.3. The molecule has 1 atom stereocenters. The monoisotopic (exact) mass is 474 g/mol. The van der Waals surface area contributed by atoms with Gasteiger partial charge in [0.1, 0.15) is 11.6 Å². The number of amides is 1. The molecular formula is C23H24ClFN4O2S. The zero-order chi connectivity index (χ0) is 23.1. The van der Waals surface area contributed by atoms with Crippen LogP contribution in [0.2, 0.25) is 5.02 Å². The number of nitrogens with zero attached hydrogens (tertiary/aromatic N) is 3. The highest BCUT2D eigenvalue weighted by molar-refractivity contribution is 7.99. The van der Waals surface area contributed by atoms with E-state index in [4.69, 9.17) is 16.3 Å². The molecule has 168 valence electrons. The Morgan fingerprint density at radius 3 is 2.72 bits per heavy atom. The second-order valence-electron chi connectivity index (χ2n) is 6.96. The quantitative estimate of drug-likeness (QED) is 0.302. The summed E-state index contributed by atoms with van der Waals surface area (Å²) in [6.45, 7) is 8.27. The average molecular weight is 475 g/mol. The van der Waals surface area contributed by atoms with Crippen molar-refractivity contribution in [3.63, 3.8) is 0 Å². The number of anilines is 1. The Kier molecular flexibility index (Phi) is 8.30. The maximum absolute atomic E-state index is 13.3. The molecule has 1 amide bonds. The zero-order valence-corrected chi connectivity index (χ0v) is 19.4. The minimum absolute atomic E-state index is 0.0517. The van der Waals surface area contributed by atoms with Crippen LogP contribution in [0.15, 0.2) is 60.3 Å². The summed E-state index contributed by atoms with van der Waals surface area (Å²) in [5, 5.41) is 11.7. The Morgan fingerprint density at radius 2 is 2.06 bits per heavy atom. The van der Waals surface area contributed by atoms with Gasteiger partial charge in [0, 0.05) is 12.2 Å². The van der Waals surface area contributed by atoms with Gasteiger partial charge in [-0.25, -0.2) is 4.39 Å². The molecule has 1 N–H and O–H groups in total. The first-order chi connectivity index (χ1) is 15.4. The van der Waals surface area contributed by atoms with Crippen LogP contribution >= 0.6 is 23.4 Å². The van der Waals surface area contributed by atoms with E-state index < -0.39 is 5.82 Å². The summed E-state index contributed by atoms with van der Waals surface area (Å²) in [6.07, 6.45) is 2.35. The SMILES string of the molecule is C=CCn1c(SCC(=O)Nc2ccc(F)c(Cl)c2)nnc1C(C)Oc1ccc(CC)cc1. The Morgan fingerprint density at radius 1 is 1.31 bits per heavy atom. The molecule has 1 aromatic heterocycles. The number of nitrogens with one attached hydrogen (secondary N) is 1. The molecule has 3 aromatic rings. The third-order valence-corrected chi connectivity index (χ3v) is 5.86. The smallest absolute Gasteiger partial charge is 0.234 e. The molecule has 0 aliphatic carbocycles. The number of carbonyl (C=O) groups excluding carboxylic acids is 1. The number of ether oxygens (including phenoxy) is 1. The predicted molar refractivity (Wildman–Crippen MR) is 126 cm³/mol. The van der Waals surface area contributed by atoms with Crippen LogP contribution in [0, 0.1) is 5.82 Å². The summed E-state index contributed by atoms with van der Waals surface area (Å²) in [5.74, 6) is 0.666. The minimum atomic E-state index is -0.540. The van der Waals surface area contributed by atoms with Crippen LogP contribution < -0.4 is 10.1 Å². The molecular weight excluding hydrogens is 451 g/mol. The van der Waals surface area contributed by atoms with Gasteiger partial charge in [-0.3, -0.25) is 9.36 Å².